The molecule has 0 bridgehead atoms. The maximum absolute atomic E-state index is 11.5. The van der Waals surface area contributed by atoms with E-state index in [-0.39, 0.29) is 5.94 Å². The fourth-order valence-electron chi connectivity index (χ4n) is 1.38. The van der Waals surface area contributed by atoms with Crippen molar-refractivity contribution in [1.29, 1.82) is 0 Å². The molecule has 0 N–H and O–H groups in total. The Hall–Kier alpha value is -1.62. The van der Waals surface area contributed by atoms with Crippen LogP contribution < -0.4 is 0 Å². The van der Waals surface area contributed by atoms with Crippen LogP contribution in [0.2, 0.25) is 0 Å². The Morgan fingerprint density at radius 2 is 2.31 bits per heavy atom. The SMILES string of the molecule is Cc1ncc2ccc(C(=O)OCS)cc2n1. The lowest BCUT2D eigenvalue weighted by Gasteiger charge is -2.03. The summed E-state index contributed by atoms with van der Waals surface area (Å²) in [5, 5.41) is 0.896. The van der Waals surface area contributed by atoms with Crippen molar-refractivity contribution in [3.05, 3.63) is 35.8 Å². The van der Waals surface area contributed by atoms with Crippen molar-refractivity contribution in [2.45, 2.75) is 6.92 Å². The van der Waals surface area contributed by atoms with Gasteiger partial charge in [0.15, 0.2) is 0 Å². The van der Waals surface area contributed by atoms with Crippen LogP contribution in [0.15, 0.2) is 24.4 Å². The van der Waals surface area contributed by atoms with Gasteiger partial charge in [-0.05, 0) is 19.1 Å². The summed E-state index contributed by atoms with van der Waals surface area (Å²) in [5.41, 5.74) is 1.21. The van der Waals surface area contributed by atoms with Crippen molar-refractivity contribution in [2.75, 3.05) is 5.94 Å². The maximum Gasteiger partial charge on any atom is 0.339 e. The molecule has 82 valence electrons. The molecule has 0 unspecified atom stereocenters. The minimum Gasteiger partial charge on any atom is -0.451 e. The quantitative estimate of drug-likeness (QED) is 0.490. The predicted octanol–water partition coefficient (Wildman–Crippen LogP) is 1.98. The van der Waals surface area contributed by atoms with Gasteiger partial charge in [0.05, 0.1) is 11.1 Å². The molecule has 16 heavy (non-hydrogen) atoms. The summed E-state index contributed by atoms with van der Waals surface area (Å²) in [6.45, 7) is 1.80. The molecular weight excluding hydrogens is 224 g/mol. The third-order valence-corrected chi connectivity index (χ3v) is 2.26. The van der Waals surface area contributed by atoms with Gasteiger partial charge in [0.2, 0.25) is 0 Å². The summed E-state index contributed by atoms with van der Waals surface area (Å²) in [4.78, 5) is 19.8. The van der Waals surface area contributed by atoms with Gasteiger partial charge in [0.25, 0.3) is 0 Å². The van der Waals surface area contributed by atoms with Gasteiger partial charge in [0, 0.05) is 11.6 Å². The molecule has 1 aromatic heterocycles. The number of thiol groups is 1. The number of carbonyl (C=O) groups excluding carboxylic acids is 1. The molecule has 0 aliphatic heterocycles. The van der Waals surface area contributed by atoms with E-state index in [9.17, 15) is 4.79 Å². The normalized spacial score (nSPS) is 10.4. The summed E-state index contributed by atoms with van der Waals surface area (Å²) in [7, 11) is 0. The lowest BCUT2D eigenvalue weighted by molar-refractivity contribution is 0.0581. The summed E-state index contributed by atoms with van der Waals surface area (Å²) >= 11 is 3.83. The van der Waals surface area contributed by atoms with Gasteiger partial charge in [0.1, 0.15) is 11.8 Å². The molecule has 0 atom stereocenters. The third kappa shape index (κ3) is 2.14. The lowest BCUT2D eigenvalue weighted by atomic mass is 10.1. The topological polar surface area (TPSA) is 52.1 Å². The molecule has 0 fully saturated rings. The number of fused-ring (bicyclic) bond motifs is 1. The molecule has 2 aromatic rings. The molecule has 0 saturated heterocycles. The van der Waals surface area contributed by atoms with E-state index in [0.717, 1.165) is 10.9 Å². The molecule has 4 nitrogen and oxygen atoms in total. The van der Waals surface area contributed by atoms with E-state index in [1.165, 1.54) is 0 Å². The van der Waals surface area contributed by atoms with Gasteiger partial charge < -0.3 is 4.74 Å². The number of carbonyl (C=O) groups is 1. The standard InChI is InChI=1S/C11H10N2O2S/c1-7-12-5-9-3-2-8(4-10(9)13-7)11(14)15-6-16/h2-5,16H,6H2,1H3. The summed E-state index contributed by atoms with van der Waals surface area (Å²) in [6, 6.07) is 5.17. The Bertz CT molecular complexity index is 542. The molecule has 0 aliphatic carbocycles. The first kappa shape index (κ1) is 10.9. The summed E-state index contributed by atoms with van der Waals surface area (Å²) in [6.07, 6.45) is 1.73. The van der Waals surface area contributed by atoms with Gasteiger partial charge in [-0.2, -0.15) is 0 Å². The Morgan fingerprint density at radius 1 is 1.50 bits per heavy atom. The van der Waals surface area contributed by atoms with Crippen LogP contribution in [-0.2, 0) is 4.74 Å². The van der Waals surface area contributed by atoms with E-state index in [1.54, 1.807) is 31.3 Å². The first-order valence-corrected chi connectivity index (χ1v) is 5.35. The molecule has 1 aromatic carbocycles. The maximum atomic E-state index is 11.5. The van der Waals surface area contributed by atoms with Gasteiger partial charge in [-0.25, -0.2) is 14.8 Å². The van der Waals surface area contributed by atoms with Crippen LogP contribution in [0.25, 0.3) is 10.9 Å². The minimum absolute atomic E-state index is 0.0691. The van der Waals surface area contributed by atoms with Gasteiger partial charge in [-0.15, -0.1) is 12.6 Å². The van der Waals surface area contributed by atoms with Crippen LogP contribution in [0.3, 0.4) is 0 Å². The van der Waals surface area contributed by atoms with E-state index < -0.39 is 5.97 Å². The number of nitrogens with zero attached hydrogens (tertiary/aromatic N) is 2. The van der Waals surface area contributed by atoms with Crippen LogP contribution in [0.4, 0.5) is 0 Å². The average Bonchev–Trinajstić information content (AvgIpc) is 2.28. The second-order valence-electron chi connectivity index (χ2n) is 3.25. The first-order valence-electron chi connectivity index (χ1n) is 4.72. The van der Waals surface area contributed by atoms with Crippen molar-refractivity contribution in [2.24, 2.45) is 0 Å². The summed E-state index contributed by atoms with van der Waals surface area (Å²) < 4.78 is 4.79. The van der Waals surface area contributed by atoms with Gasteiger partial charge in [-0.3, -0.25) is 0 Å². The van der Waals surface area contributed by atoms with Crippen molar-refractivity contribution < 1.29 is 9.53 Å². The second-order valence-corrected chi connectivity index (χ2v) is 3.51. The molecular formula is C11H10N2O2S. The Morgan fingerprint density at radius 3 is 3.06 bits per heavy atom. The second kappa shape index (κ2) is 4.49. The van der Waals surface area contributed by atoms with Crippen LogP contribution in [0.5, 0.6) is 0 Å². The van der Waals surface area contributed by atoms with Crippen molar-refractivity contribution in [3.8, 4) is 0 Å². The van der Waals surface area contributed by atoms with Crippen molar-refractivity contribution in [1.82, 2.24) is 9.97 Å². The van der Waals surface area contributed by atoms with E-state index in [2.05, 4.69) is 22.6 Å². The molecule has 2 rings (SSSR count). The minimum atomic E-state index is -0.395. The number of rotatable bonds is 2. The highest BCUT2D eigenvalue weighted by Crippen LogP contribution is 2.14. The number of hydrogen-bond acceptors (Lipinski definition) is 5. The van der Waals surface area contributed by atoms with E-state index in [0.29, 0.717) is 11.4 Å². The van der Waals surface area contributed by atoms with Crippen molar-refractivity contribution >= 4 is 29.5 Å². The number of benzene rings is 1. The van der Waals surface area contributed by atoms with Crippen LogP contribution in [0, 0.1) is 6.92 Å². The highest BCUT2D eigenvalue weighted by molar-refractivity contribution is 7.80. The Balaban J connectivity index is 2.46. The predicted molar refractivity (Wildman–Crippen MR) is 63.5 cm³/mol. The fourth-order valence-corrected chi connectivity index (χ4v) is 1.50. The number of esters is 1. The monoisotopic (exact) mass is 234 g/mol. The van der Waals surface area contributed by atoms with E-state index >= 15 is 0 Å². The Labute approximate surface area is 98.1 Å². The van der Waals surface area contributed by atoms with Gasteiger partial charge >= 0.3 is 5.97 Å². The number of hydrogen-bond donors (Lipinski definition) is 1. The highest BCUT2D eigenvalue weighted by Gasteiger charge is 2.07. The molecule has 1 heterocycles. The Kier molecular flexibility index (Phi) is 3.05. The molecule has 0 amide bonds. The first-order chi connectivity index (χ1) is 7.70. The zero-order valence-corrected chi connectivity index (χ0v) is 9.57. The number of ether oxygens (including phenoxy) is 1. The molecule has 0 radical (unpaired) electrons. The van der Waals surface area contributed by atoms with Crippen molar-refractivity contribution in [3.63, 3.8) is 0 Å². The zero-order chi connectivity index (χ0) is 11.5. The molecule has 5 heteroatoms. The van der Waals surface area contributed by atoms with Gasteiger partial charge in [-0.1, -0.05) is 6.07 Å². The average molecular weight is 234 g/mol. The largest absolute Gasteiger partial charge is 0.451 e. The van der Waals surface area contributed by atoms with E-state index in [4.69, 9.17) is 4.74 Å². The molecule has 0 saturated carbocycles. The van der Waals surface area contributed by atoms with E-state index in [1.807, 2.05) is 0 Å². The molecule has 0 aliphatic rings. The molecule has 0 spiro atoms. The highest BCUT2D eigenvalue weighted by atomic mass is 32.1. The number of aryl methyl sites for hydroxylation is 1. The lowest BCUT2D eigenvalue weighted by Crippen LogP contribution is -2.03. The fraction of sp³-hybridized carbons (Fsp3) is 0.182. The van der Waals surface area contributed by atoms with Crippen LogP contribution >= 0.6 is 12.6 Å². The third-order valence-electron chi connectivity index (χ3n) is 2.13. The smallest absolute Gasteiger partial charge is 0.339 e. The summed E-state index contributed by atoms with van der Waals surface area (Å²) in [5.74, 6) is 0.347. The number of aromatic nitrogens is 2. The van der Waals surface area contributed by atoms with Crippen LogP contribution in [0.1, 0.15) is 16.2 Å². The van der Waals surface area contributed by atoms with Crippen LogP contribution in [-0.4, -0.2) is 21.9 Å². The zero-order valence-electron chi connectivity index (χ0n) is 8.67.